The van der Waals surface area contributed by atoms with Crippen molar-refractivity contribution in [2.45, 2.75) is 25.8 Å². The Morgan fingerprint density at radius 1 is 1.29 bits per heavy atom. The Morgan fingerprint density at radius 3 is 2.62 bits per heavy atom. The van der Waals surface area contributed by atoms with Gasteiger partial charge in [0.25, 0.3) is 0 Å². The second-order valence-corrected chi connectivity index (χ2v) is 5.16. The zero-order chi connectivity index (χ0) is 13.2. The van der Waals surface area contributed by atoms with Gasteiger partial charge in [-0.3, -0.25) is 0 Å². The summed E-state index contributed by atoms with van der Waals surface area (Å²) in [6, 6.07) is 6.70. The summed E-state index contributed by atoms with van der Waals surface area (Å²) >= 11 is 0. The van der Waals surface area contributed by atoms with E-state index in [1.807, 2.05) is 18.3 Å². The van der Waals surface area contributed by atoms with Crippen LogP contribution in [-0.4, -0.2) is 22.6 Å². The molecule has 1 atom stereocenters. The van der Waals surface area contributed by atoms with E-state index in [1.54, 1.807) is 0 Å². The van der Waals surface area contributed by atoms with Crippen molar-refractivity contribution >= 4 is 24.8 Å². The van der Waals surface area contributed by atoms with Gasteiger partial charge in [0.15, 0.2) is 0 Å². The van der Waals surface area contributed by atoms with Crippen molar-refractivity contribution in [2.75, 3.05) is 13.1 Å². The first kappa shape index (κ1) is 18.0. The minimum atomic E-state index is -0.189. The third kappa shape index (κ3) is 3.96. The Kier molecular flexibility index (Phi) is 6.65. The molecule has 1 aromatic heterocycles. The topological polar surface area (TPSA) is 29.9 Å². The van der Waals surface area contributed by atoms with Crippen LogP contribution in [0.3, 0.4) is 0 Å². The van der Waals surface area contributed by atoms with Crippen LogP contribution in [0.4, 0.5) is 4.39 Å². The Hall–Kier alpha value is -1.10. The number of rotatable bonds is 3. The molecule has 2 heterocycles. The van der Waals surface area contributed by atoms with Crippen LogP contribution in [0.2, 0.25) is 0 Å². The SMILES string of the molecule is Cc1cnc(C2CCNC2)n1Cc1ccc(F)cc1.Cl.Cl. The van der Waals surface area contributed by atoms with Gasteiger partial charge in [0.1, 0.15) is 11.6 Å². The maximum Gasteiger partial charge on any atom is 0.123 e. The highest BCUT2D eigenvalue weighted by atomic mass is 35.5. The first-order valence-corrected chi connectivity index (χ1v) is 6.71. The maximum absolute atomic E-state index is 12.9. The van der Waals surface area contributed by atoms with Gasteiger partial charge in [-0.2, -0.15) is 0 Å². The van der Waals surface area contributed by atoms with Gasteiger partial charge in [-0.15, -0.1) is 24.8 Å². The largest absolute Gasteiger partial charge is 0.328 e. The number of hydrogen-bond donors (Lipinski definition) is 1. The average molecular weight is 332 g/mol. The number of nitrogens with one attached hydrogen (secondary N) is 1. The van der Waals surface area contributed by atoms with Gasteiger partial charge in [0.05, 0.1) is 0 Å². The Morgan fingerprint density at radius 2 is 2.00 bits per heavy atom. The second kappa shape index (κ2) is 7.78. The highest BCUT2D eigenvalue weighted by Crippen LogP contribution is 2.23. The van der Waals surface area contributed by atoms with E-state index >= 15 is 0 Å². The predicted octanol–water partition coefficient (Wildman–Crippen LogP) is 3.30. The molecule has 0 saturated carbocycles. The highest BCUT2D eigenvalue weighted by molar-refractivity contribution is 5.85. The highest BCUT2D eigenvalue weighted by Gasteiger charge is 2.22. The Labute approximate surface area is 136 Å². The molecule has 1 aliphatic rings. The summed E-state index contributed by atoms with van der Waals surface area (Å²) in [6.45, 7) is 4.90. The van der Waals surface area contributed by atoms with Crippen molar-refractivity contribution in [1.29, 1.82) is 0 Å². The molecular weight excluding hydrogens is 312 g/mol. The van der Waals surface area contributed by atoms with Gasteiger partial charge in [-0.05, 0) is 37.6 Å². The van der Waals surface area contributed by atoms with Gasteiger partial charge >= 0.3 is 0 Å². The molecule has 1 N–H and O–H groups in total. The summed E-state index contributed by atoms with van der Waals surface area (Å²) in [5.74, 6) is 1.45. The summed E-state index contributed by atoms with van der Waals surface area (Å²) in [5.41, 5.74) is 2.26. The molecule has 1 aliphatic heterocycles. The maximum atomic E-state index is 12.9. The van der Waals surface area contributed by atoms with E-state index in [9.17, 15) is 4.39 Å². The summed E-state index contributed by atoms with van der Waals surface area (Å²) in [5, 5.41) is 3.38. The quantitative estimate of drug-likeness (QED) is 0.935. The van der Waals surface area contributed by atoms with Gasteiger partial charge < -0.3 is 9.88 Å². The monoisotopic (exact) mass is 331 g/mol. The third-order valence-electron chi connectivity index (χ3n) is 3.77. The molecule has 3 nitrogen and oxygen atoms in total. The van der Waals surface area contributed by atoms with Crippen LogP contribution in [0.15, 0.2) is 30.5 Å². The average Bonchev–Trinajstić information content (AvgIpc) is 3.03. The van der Waals surface area contributed by atoms with Crippen molar-refractivity contribution < 1.29 is 4.39 Å². The molecule has 0 spiro atoms. The van der Waals surface area contributed by atoms with E-state index in [2.05, 4.69) is 21.8 Å². The lowest BCUT2D eigenvalue weighted by Gasteiger charge is -2.14. The molecule has 0 amide bonds. The molecule has 1 unspecified atom stereocenters. The summed E-state index contributed by atoms with van der Waals surface area (Å²) in [6.07, 6.45) is 3.07. The Balaban J connectivity index is 0.00000110. The van der Waals surface area contributed by atoms with Crippen LogP contribution >= 0.6 is 24.8 Å². The number of imidazole rings is 1. The fourth-order valence-electron chi connectivity index (χ4n) is 2.66. The molecule has 2 aromatic rings. The minimum Gasteiger partial charge on any atom is -0.328 e. The Bertz CT molecular complexity index is 563. The normalized spacial score (nSPS) is 17.1. The molecule has 21 heavy (non-hydrogen) atoms. The van der Waals surface area contributed by atoms with Crippen LogP contribution in [0.1, 0.15) is 29.4 Å². The van der Waals surface area contributed by atoms with Crippen LogP contribution in [0.5, 0.6) is 0 Å². The predicted molar refractivity (Wildman–Crippen MR) is 87.2 cm³/mol. The van der Waals surface area contributed by atoms with Gasteiger partial charge in [-0.25, -0.2) is 9.37 Å². The van der Waals surface area contributed by atoms with E-state index < -0.39 is 0 Å². The first-order valence-electron chi connectivity index (χ1n) is 6.71. The molecule has 1 saturated heterocycles. The van der Waals surface area contributed by atoms with Gasteiger partial charge in [0.2, 0.25) is 0 Å². The van der Waals surface area contributed by atoms with Crippen LogP contribution < -0.4 is 5.32 Å². The molecule has 1 aromatic carbocycles. The number of nitrogens with zero attached hydrogens (tertiary/aromatic N) is 2. The van der Waals surface area contributed by atoms with Crippen LogP contribution in [0.25, 0.3) is 0 Å². The first-order chi connectivity index (χ1) is 9.24. The summed E-state index contributed by atoms with van der Waals surface area (Å²) in [4.78, 5) is 4.56. The lowest BCUT2D eigenvalue weighted by Crippen LogP contribution is -2.14. The zero-order valence-electron chi connectivity index (χ0n) is 11.9. The smallest absolute Gasteiger partial charge is 0.123 e. The fourth-order valence-corrected chi connectivity index (χ4v) is 2.66. The van der Waals surface area contributed by atoms with E-state index in [1.165, 1.54) is 12.1 Å². The van der Waals surface area contributed by atoms with Crippen molar-refractivity contribution in [2.24, 2.45) is 0 Å². The number of aromatic nitrogens is 2. The number of benzene rings is 1. The van der Waals surface area contributed by atoms with Gasteiger partial charge in [0, 0.05) is 30.9 Å². The standard InChI is InChI=1S/C15H18FN3.2ClH/c1-11-8-18-15(13-6-7-17-9-13)19(11)10-12-2-4-14(16)5-3-12;;/h2-5,8,13,17H,6-7,9-10H2,1H3;2*1H. The fraction of sp³-hybridized carbons (Fsp3) is 0.400. The number of aryl methyl sites for hydroxylation is 1. The molecule has 0 aliphatic carbocycles. The number of hydrogen-bond acceptors (Lipinski definition) is 2. The number of halogens is 3. The van der Waals surface area contributed by atoms with Crippen molar-refractivity contribution in [3.05, 3.63) is 53.4 Å². The van der Waals surface area contributed by atoms with E-state index in [0.29, 0.717) is 5.92 Å². The van der Waals surface area contributed by atoms with Crippen molar-refractivity contribution in [3.63, 3.8) is 0 Å². The van der Waals surface area contributed by atoms with Crippen molar-refractivity contribution in [1.82, 2.24) is 14.9 Å². The molecule has 3 rings (SSSR count). The lowest BCUT2D eigenvalue weighted by atomic mass is 10.1. The van der Waals surface area contributed by atoms with Crippen LogP contribution in [-0.2, 0) is 6.54 Å². The van der Waals surface area contributed by atoms with E-state index in [4.69, 9.17) is 0 Å². The van der Waals surface area contributed by atoms with Crippen LogP contribution in [0, 0.1) is 12.7 Å². The molecule has 116 valence electrons. The van der Waals surface area contributed by atoms with E-state index in [0.717, 1.165) is 43.1 Å². The molecule has 0 bridgehead atoms. The third-order valence-corrected chi connectivity index (χ3v) is 3.77. The minimum absolute atomic E-state index is 0. The molecule has 6 heteroatoms. The van der Waals surface area contributed by atoms with E-state index in [-0.39, 0.29) is 30.6 Å². The lowest BCUT2D eigenvalue weighted by molar-refractivity contribution is 0.616. The summed E-state index contributed by atoms with van der Waals surface area (Å²) < 4.78 is 15.2. The van der Waals surface area contributed by atoms with Crippen molar-refractivity contribution in [3.8, 4) is 0 Å². The second-order valence-electron chi connectivity index (χ2n) is 5.16. The molecular formula is C15H20Cl2FN3. The molecule has 0 radical (unpaired) electrons. The zero-order valence-corrected chi connectivity index (χ0v) is 13.5. The summed E-state index contributed by atoms with van der Waals surface area (Å²) in [7, 11) is 0. The molecule has 1 fully saturated rings. The van der Waals surface area contributed by atoms with Gasteiger partial charge in [-0.1, -0.05) is 12.1 Å².